The van der Waals surface area contributed by atoms with E-state index in [9.17, 15) is 9.90 Å². The smallest absolute Gasteiger partial charge is 0.332 e. The van der Waals surface area contributed by atoms with Crippen LogP contribution in [0, 0.1) is 0 Å². The van der Waals surface area contributed by atoms with E-state index in [1.54, 1.807) is 4.57 Å². The van der Waals surface area contributed by atoms with E-state index in [1.165, 1.54) is 6.33 Å². The van der Waals surface area contributed by atoms with Gasteiger partial charge in [0.25, 0.3) is 0 Å². The van der Waals surface area contributed by atoms with Crippen LogP contribution in [0.2, 0.25) is 5.15 Å². The number of carboxylic acids is 1. The Morgan fingerprint density at radius 3 is 2.94 bits per heavy atom. The maximum atomic E-state index is 10.5. The first kappa shape index (κ1) is 12.5. The van der Waals surface area contributed by atoms with E-state index in [0.29, 0.717) is 11.2 Å². The van der Waals surface area contributed by atoms with E-state index in [-0.39, 0.29) is 24.1 Å². The van der Waals surface area contributed by atoms with Crippen molar-refractivity contribution in [3.8, 4) is 0 Å². The fraction of sp³-hybridized carbons (Fsp3) is 0.333. The molecule has 0 saturated carbocycles. The molecule has 0 aliphatic rings. The number of aliphatic hydroxyl groups is 1. The van der Waals surface area contributed by atoms with Crippen LogP contribution < -0.4 is 5.73 Å². The minimum absolute atomic E-state index is 0.00744. The van der Waals surface area contributed by atoms with Gasteiger partial charge in [-0.1, -0.05) is 11.6 Å². The van der Waals surface area contributed by atoms with Gasteiger partial charge in [0, 0.05) is 13.0 Å². The van der Waals surface area contributed by atoms with E-state index in [1.807, 2.05) is 0 Å². The standard InChI is InChI=1S/C9H10ClN5O3/c10-6-5-7(14-9(11)13-6)15(3-12-5)2-1-4(16)8(17)18/h3-4,16H,1-2H2,(H,17,18)(H2,11,13,14). The maximum absolute atomic E-state index is 10.5. The van der Waals surface area contributed by atoms with Crippen LogP contribution in [0.1, 0.15) is 6.42 Å². The molecule has 2 aromatic rings. The predicted octanol–water partition coefficient (Wildman–Crippen LogP) is -0.103. The molecular formula is C9H10ClN5O3. The van der Waals surface area contributed by atoms with Crippen molar-refractivity contribution in [3.63, 3.8) is 0 Å². The van der Waals surface area contributed by atoms with Crippen LogP contribution in [0.15, 0.2) is 6.33 Å². The van der Waals surface area contributed by atoms with Gasteiger partial charge in [0.2, 0.25) is 5.95 Å². The van der Waals surface area contributed by atoms with E-state index >= 15 is 0 Å². The highest BCUT2D eigenvalue weighted by Crippen LogP contribution is 2.19. The molecule has 96 valence electrons. The Hall–Kier alpha value is -1.93. The van der Waals surface area contributed by atoms with E-state index in [2.05, 4.69) is 15.0 Å². The molecule has 0 aliphatic heterocycles. The van der Waals surface area contributed by atoms with Crippen LogP contribution in [0.5, 0.6) is 0 Å². The minimum Gasteiger partial charge on any atom is -0.479 e. The van der Waals surface area contributed by atoms with Crippen LogP contribution in [0.4, 0.5) is 5.95 Å². The molecule has 0 aromatic carbocycles. The Morgan fingerprint density at radius 1 is 1.56 bits per heavy atom. The van der Waals surface area contributed by atoms with E-state index in [0.717, 1.165) is 0 Å². The number of carbonyl (C=O) groups is 1. The van der Waals surface area contributed by atoms with Crippen LogP contribution >= 0.6 is 11.6 Å². The number of aliphatic carboxylic acids is 1. The van der Waals surface area contributed by atoms with Crippen LogP contribution in [0.25, 0.3) is 11.2 Å². The Labute approximate surface area is 106 Å². The first-order valence-electron chi connectivity index (χ1n) is 5.03. The lowest BCUT2D eigenvalue weighted by Crippen LogP contribution is -2.21. The number of nitrogen functional groups attached to an aromatic ring is 1. The zero-order chi connectivity index (χ0) is 13.3. The molecular weight excluding hydrogens is 262 g/mol. The van der Waals surface area contributed by atoms with Crippen molar-refractivity contribution >= 4 is 34.7 Å². The Bertz CT molecular complexity index is 599. The third-order valence-corrected chi connectivity index (χ3v) is 2.63. The molecule has 8 nitrogen and oxygen atoms in total. The largest absolute Gasteiger partial charge is 0.479 e. The van der Waals surface area contributed by atoms with Crippen molar-refractivity contribution in [3.05, 3.63) is 11.5 Å². The number of fused-ring (bicyclic) bond motifs is 1. The number of aryl methyl sites for hydroxylation is 1. The molecule has 0 fully saturated rings. The minimum atomic E-state index is -1.43. The number of rotatable bonds is 4. The summed E-state index contributed by atoms with van der Waals surface area (Å²) >= 11 is 5.84. The fourth-order valence-electron chi connectivity index (χ4n) is 1.47. The number of anilines is 1. The summed E-state index contributed by atoms with van der Waals surface area (Å²) in [6, 6.07) is 0. The molecule has 0 saturated heterocycles. The predicted molar refractivity (Wildman–Crippen MR) is 63.0 cm³/mol. The summed E-state index contributed by atoms with van der Waals surface area (Å²) in [5.41, 5.74) is 6.26. The van der Waals surface area contributed by atoms with Crippen LogP contribution in [-0.2, 0) is 11.3 Å². The second-order valence-electron chi connectivity index (χ2n) is 3.63. The lowest BCUT2D eigenvalue weighted by atomic mass is 10.2. The molecule has 0 bridgehead atoms. The molecule has 2 aromatic heterocycles. The average molecular weight is 272 g/mol. The number of carboxylic acid groups (broad SMARTS) is 1. The normalized spacial score (nSPS) is 12.8. The summed E-state index contributed by atoms with van der Waals surface area (Å²) in [6.07, 6.45) is 0.0405. The lowest BCUT2D eigenvalue weighted by Gasteiger charge is -2.06. The van der Waals surface area contributed by atoms with Gasteiger partial charge in [-0.3, -0.25) is 0 Å². The highest BCUT2D eigenvalue weighted by atomic mass is 35.5. The molecule has 1 unspecified atom stereocenters. The van der Waals surface area contributed by atoms with Gasteiger partial charge in [-0.2, -0.15) is 9.97 Å². The van der Waals surface area contributed by atoms with Crippen molar-refractivity contribution in [1.82, 2.24) is 19.5 Å². The number of hydrogen-bond donors (Lipinski definition) is 3. The number of nitrogens with two attached hydrogens (primary N) is 1. The third kappa shape index (κ3) is 2.34. The second-order valence-corrected chi connectivity index (χ2v) is 3.98. The van der Waals surface area contributed by atoms with E-state index in [4.69, 9.17) is 22.4 Å². The average Bonchev–Trinajstić information content (AvgIpc) is 2.69. The summed E-state index contributed by atoms with van der Waals surface area (Å²) in [4.78, 5) is 22.2. The zero-order valence-corrected chi connectivity index (χ0v) is 9.87. The monoisotopic (exact) mass is 271 g/mol. The van der Waals surface area contributed by atoms with Gasteiger partial charge in [-0.15, -0.1) is 0 Å². The number of hydrogen-bond acceptors (Lipinski definition) is 6. The van der Waals surface area contributed by atoms with Gasteiger partial charge in [0.15, 0.2) is 16.9 Å². The van der Waals surface area contributed by atoms with Gasteiger partial charge in [0.1, 0.15) is 5.52 Å². The zero-order valence-electron chi connectivity index (χ0n) is 9.12. The summed E-state index contributed by atoms with van der Waals surface area (Å²) in [5.74, 6) is -1.26. The Morgan fingerprint density at radius 2 is 2.28 bits per heavy atom. The molecule has 9 heteroatoms. The number of halogens is 1. The van der Waals surface area contributed by atoms with Crippen molar-refractivity contribution < 1.29 is 15.0 Å². The summed E-state index contributed by atoms with van der Waals surface area (Å²) in [6.45, 7) is 0.233. The van der Waals surface area contributed by atoms with Crippen molar-refractivity contribution in [1.29, 1.82) is 0 Å². The van der Waals surface area contributed by atoms with Crippen molar-refractivity contribution in [2.24, 2.45) is 0 Å². The SMILES string of the molecule is Nc1nc(Cl)c2ncn(CCC(O)C(=O)O)c2n1. The van der Waals surface area contributed by atoms with Gasteiger partial charge < -0.3 is 20.5 Å². The Balaban J connectivity index is 2.27. The third-order valence-electron chi connectivity index (χ3n) is 2.37. The van der Waals surface area contributed by atoms with Gasteiger partial charge in [-0.25, -0.2) is 9.78 Å². The highest BCUT2D eigenvalue weighted by molar-refractivity contribution is 6.33. The topological polar surface area (TPSA) is 127 Å². The van der Waals surface area contributed by atoms with Gasteiger partial charge in [-0.05, 0) is 0 Å². The summed E-state index contributed by atoms with van der Waals surface area (Å²) < 4.78 is 1.56. The molecule has 2 heterocycles. The molecule has 1 atom stereocenters. The molecule has 4 N–H and O–H groups in total. The molecule has 0 aliphatic carbocycles. The molecule has 0 amide bonds. The molecule has 0 radical (unpaired) electrons. The Kier molecular flexibility index (Phi) is 3.30. The quantitative estimate of drug-likeness (QED) is 0.662. The van der Waals surface area contributed by atoms with Gasteiger partial charge in [0.05, 0.1) is 6.33 Å². The number of aliphatic hydroxyl groups excluding tert-OH is 1. The number of nitrogens with zero attached hydrogens (tertiary/aromatic N) is 4. The maximum Gasteiger partial charge on any atom is 0.332 e. The fourth-order valence-corrected chi connectivity index (χ4v) is 1.69. The molecule has 2 rings (SSSR count). The van der Waals surface area contributed by atoms with Crippen molar-refractivity contribution in [2.45, 2.75) is 19.1 Å². The first-order chi connectivity index (χ1) is 8.49. The summed E-state index contributed by atoms with van der Waals surface area (Å²) in [5, 5.41) is 17.9. The highest BCUT2D eigenvalue weighted by Gasteiger charge is 2.15. The van der Waals surface area contributed by atoms with E-state index < -0.39 is 12.1 Å². The van der Waals surface area contributed by atoms with Crippen LogP contribution in [-0.4, -0.2) is 41.8 Å². The second kappa shape index (κ2) is 4.75. The number of imidazole rings is 1. The van der Waals surface area contributed by atoms with Crippen LogP contribution in [0.3, 0.4) is 0 Å². The van der Waals surface area contributed by atoms with Gasteiger partial charge >= 0.3 is 5.97 Å². The first-order valence-corrected chi connectivity index (χ1v) is 5.41. The molecule has 18 heavy (non-hydrogen) atoms. The lowest BCUT2D eigenvalue weighted by molar-refractivity contribution is -0.147. The van der Waals surface area contributed by atoms with Crippen molar-refractivity contribution in [2.75, 3.05) is 5.73 Å². The summed E-state index contributed by atoms with van der Waals surface area (Å²) in [7, 11) is 0. The molecule has 0 spiro atoms. The number of aromatic nitrogens is 4.